The van der Waals surface area contributed by atoms with Gasteiger partial charge in [-0.2, -0.15) is 0 Å². The lowest BCUT2D eigenvalue weighted by Crippen LogP contribution is -2.36. The molecule has 4 heteroatoms. The van der Waals surface area contributed by atoms with Gasteiger partial charge in [0, 0.05) is 6.07 Å². The topological polar surface area (TPSA) is 61.7 Å². The van der Waals surface area contributed by atoms with Gasteiger partial charge in [0.25, 0.3) is 0 Å². The second-order valence-electron chi connectivity index (χ2n) is 4.46. The molecule has 0 bridgehead atoms. The second kappa shape index (κ2) is 5.89. The molecule has 0 saturated carbocycles. The van der Waals surface area contributed by atoms with Crippen molar-refractivity contribution < 1.29 is 14.9 Å². The number of aromatic hydroxyl groups is 1. The first-order valence-electron chi connectivity index (χ1n) is 6.06. The van der Waals surface area contributed by atoms with Gasteiger partial charge in [0.05, 0.1) is 6.10 Å². The number of nitrogens with one attached hydrogen (secondary N) is 1. The molecule has 1 aromatic carbocycles. The molecule has 1 aliphatic heterocycles. The molecule has 4 nitrogen and oxygen atoms in total. The fraction of sp³-hybridized carbons (Fsp3) is 0.538. The molecule has 3 N–H and O–H groups in total. The summed E-state index contributed by atoms with van der Waals surface area (Å²) in [6.45, 7) is 2.22. The molecule has 1 saturated heterocycles. The maximum atomic E-state index is 9.99. The normalized spacial score (nSPS) is 18.9. The standard InChI is InChI=1S/C13H19NO3/c15-11-2-1-3-12(8-11)17-9-13(16)10-4-6-14-7-5-10/h1-3,8,10,13-16H,4-7,9H2. The molecule has 0 aliphatic carbocycles. The molecule has 1 aliphatic rings. The van der Waals surface area contributed by atoms with Crippen molar-refractivity contribution in [3.05, 3.63) is 24.3 Å². The van der Waals surface area contributed by atoms with Crippen molar-refractivity contribution in [1.82, 2.24) is 5.32 Å². The number of phenols is 1. The average Bonchev–Trinajstić information content (AvgIpc) is 2.37. The predicted molar refractivity (Wildman–Crippen MR) is 65.2 cm³/mol. The average molecular weight is 237 g/mol. The van der Waals surface area contributed by atoms with Crippen LogP contribution in [0.25, 0.3) is 0 Å². The van der Waals surface area contributed by atoms with Crippen molar-refractivity contribution in [3.8, 4) is 11.5 Å². The highest BCUT2D eigenvalue weighted by Gasteiger charge is 2.21. The summed E-state index contributed by atoms with van der Waals surface area (Å²) in [7, 11) is 0. The SMILES string of the molecule is Oc1cccc(OCC(O)C2CCNCC2)c1. The first-order valence-corrected chi connectivity index (χ1v) is 6.06. The fourth-order valence-corrected chi connectivity index (χ4v) is 2.12. The van der Waals surface area contributed by atoms with Crippen LogP contribution in [0.4, 0.5) is 0 Å². The van der Waals surface area contributed by atoms with E-state index in [1.54, 1.807) is 24.3 Å². The third-order valence-corrected chi connectivity index (χ3v) is 3.17. The van der Waals surface area contributed by atoms with E-state index in [0.717, 1.165) is 25.9 Å². The molecule has 0 spiro atoms. The van der Waals surface area contributed by atoms with Gasteiger partial charge in [-0.1, -0.05) is 6.07 Å². The lowest BCUT2D eigenvalue weighted by Gasteiger charge is -2.27. The van der Waals surface area contributed by atoms with E-state index in [1.807, 2.05) is 0 Å². The molecule has 2 rings (SSSR count). The molecule has 0 aromatic heterocycles. The Morgan fingerprint density at radius 1 is 1.35 bits per heavy atom. The third-order valence-electron chi connectivity index (χ3n) is 3.17. The summed E-state index contributed by atoms with van der Waals surface area (Å²) >= 11 is 0. The van der Waals surface area contributed by atoms with E-state index in [-0.39, 0.29) is 12.4 Å². The molecule has 1 atom stereocenters. The number of phenolic OH excluding ortho intramolecular Hbond substituents is 1. The van der Waals surface area contributed by atoms with E-state index >= 15 is 0 Å². The lowest BCUT2D eigenvalue weighted by molar-refractivity contribution is 0.0441. The molecule has 0 radical (unpaired) electrons. The number of hydrogen-bond donors (Lipinski definition) is 3. The van der Waals surface area contributed by atoms with Crippen LogP contribution in [0.2, 0.25) is 0 Å². The minimum Gasteiger partial charge on any atom is -0.508 e. The summed E-state index contributed by atoms with van der Waals surface area (Å²) in [5, 5.41) is 22.5. The first-order chi connectivity index (χ1) is 8.25. The van der Waals surface area contributed by atoms with Gasteiger partial charge in [-0.25, -0.2) is 0 Å². The van der Waals surface area contributed by atoms with Crippen LogP contribution >= 0.6 is 0 Å². The van der Waals surface area contributed by atoms with Gasteiger partial charge in [0.15, 0.2) is 0 Å². The maximum absolute atomic E-state index is 9.99. The minimum atomic E-state index is -0.431. The third kappa shape index (κ3) is 3.61. The summed E-state index contributed by atoms with van der Waals surface area (Å²) in [5.41, 5.74) is 0. The van der Waals surface area contributed by atoms with Crippen LogP contribution in [-0.2, 0) is 0 Å². The molecule has 0 amide bonds. The quantitative estimate of drug-likeness (QED) is 0.734. The van der Waals surface area contributed by atoms with Gasteiger partial charge >= 0.3 is 0 Å². The van der Waals surface area contributed by atoms with Gasteiger partial charge in [-0.15, -0.1) is 0 Å². The van der Waals surface area contributed by atoms with Crippen molar-refractivity contribution in [2.45, 2.75) is 18.9 Å². The van der Waals surface area contributed by atoms with Crippen molar-refractivity contribution in [2.24, 2.45) is 5.92 Å². The Bertz CT molecular complexity index is 350. The number of benzene rings is 1. The highest BCUT2D eigenvalue weighted by Crippen LogP contribution is 2.20. The van der Waals surface area contributed by atoms with Gasteiger partial charge in [-0.05, 0) is 44.0 Å². The van der Waals surface area contributed by atoms with E-state index in [4.69, 9.17) is 4.74 Å². The zero-order chi connectivity index (χ0) is 12.1. The zero-order valence-corrected chi connectivity index (χ0v) is 9.80. The van der Waals surface area contributed by atoms with E-state index in [1.165, 1.54) is 0 Å². The first kappa shape index (κ1) is 12.2. The molecule has 1 heterocycles. The Morgan fingerprint density at radius 3 is 2.82 bits per heavy atom. The van der Waals surface area contributed by atoms with Crippen LogP contribution in [-0.4, -0.2) is 36.0 Å². The van der Waals surface area contributed by atoms with Crippen LogP contribution in [0.1, 0.15) is 12.8 Å². The predicted octanol–water partition coefficient (Wildman–Crippen LogP) is 1.13. The van der Waals surface area contributed by atoms with Crippen LogP contribution in [0, 0.1) is 5.92 Å². The number of aliphatic hydroxyl groups is 1. The summed E-state index contributed by atoms with van der Waals surface area (Å²) in [6.07, 6.45) is 1.55. The van der Waals surface area contributed by atoms with Crippen molar-refractivity contribution in [1.29, 1.82) is 0 Å². The molecule has 1 unspecified atom stereocenters. The molecular formula is C13H19NO3. The van der Waals surface area contributed by atoms with Gasteiger partial charge in [0.2, 0.25) is 0 Å². The Kier molecular flexibility index (Phi) is 4.23. The summed E-state index contributed by atoms with van der Waals surface area (Å²) in [6, 6.07) is 6.64. The van der Waals surface area contributed by atoms with Crippen LogP contribution in [0.15, 0.2) is 24.3 Å². The number of aliphatic hydroxyl groups excluding tert-OH is 1. The van der Waals surface area contributed by atoms with Gasteiger partial charge in [-0.3, -0.25) is 0 Å². The van der Waals surface area contributed by atoms with Gasteiger partial charge in [0.1, 0.15) is 18.1 Å². The zero-order valence-electron chi connectivity index (χ0n) is 9.80. The summed E-state index contributed by atoms with van der Waals surface area (Å²) in [5.74, 6) is 1.09. The maximum Gasteiger partial charge on any atom is 0.123 e. The Hall–Kier alpha value is -1.26. The number of rotatable bonds is 4. The monoisotopic (exact) mass is 237 g/mol. The van der Waals surface area contributed by atoms with E-state index in [0.29, 0.717) is 11.7 Å². The van der Waals surface area contributed by atoms with E-state index in [2.05, 4.69) is 5.32 Å². The number of ether oxygens (including phenoxy) is 1. The Morgan fingerprint density at radius 2 is 2.12 bits per heavy atom. The van der Waals surface area contributed by atoms with Crippen LogP contribution in [0.3, 0.4) is 0 Å². The van der Waals surface area contributed by atoms with Crippen molar-refractivity contribution in [2.75, 3.05) is 19.7 Å². The molecule has 1 aromatic rings. The van der Waals surface area contributed by atoms with Crippen molar-refractivity contribution in [3.63, 3.8) is 0 Å². The van der Waals surface area contributed by atoms with E-state index < -0.39 is 6.10 Å². The minimum absolute atomic E-state index is 0.179. The number of hydrogen-bond acceptors (Lipinski definition) is 4. The second-order valence-corrected chi connectivity index (χ2v) is 4.46. The van der Waals surface area contributed by atoms with E-state index in [9.17, 15) is 10.2 Å². The van der Waals surface area contributed by atoms with Crippen LogP contribution < -0.4 is 10.1 Å². The molecular weight excluding hydrogens is 218 g/mol. The molecule has 17 heavy (non-hydrogen) atoms. The summed E-state index contributed by atoms with van der Waals surface area (Å²) < 4.78 is 5.47. The lowest BCUT2D eigenvalue weighted by atomic mass is 9.93. The fourth-order valence-electron chi connectivity index (χ4n) is 2.12. The molecule has 94 valence electrons. The smallest absolute Gasteiger partial charge is 0.123 e. The Balaban J connectivity index is 1.80. The van der Waals surface area contributed by atoms with Crippen LogP contribution in [0.5, 0.6) is 11.5 Å². The Labute approximate surface area is 101 Å². The van der Waals surface area contributed by atoms with Crippen molar-refractivity contribution >= 4 is 0 Å². The van der Waals surface area contributed by atoms with Gasteiger partial charge < -0.3 is 20.3 Å². The number of piperidine rings is 1. The summed E-state index contributed by atoms with van der Waals surface area (Å²) in [4.78, 5) is 0. The largest absolute Gasteiger partial charge is 0.508 e. The highest BCUT2D eigenvalue weighted by atomic mass is 16.5. The highest BCUT2D eigenvalue weighted by molar-refractivity contribution is 5.31. The molecule has 1 fully saturated rings.